The maximum atomic E-state index is 7.75. The summed E-state index contributed by atoms with van der Waals surface area (Å²) < 4.78 is 14.2. The Balaban J connectivity index is 0.853. The zero-order chi connectivity index (χ0) is 47.9. The van der Waals surface area contributed by atoms with Gasteiger partial charge in [0.1, 0.15) is 11.5 Å². The Kier molecular flexibility index (Phi) is 8.04. The van der Waals surface area contributed by atoms with Crippen LogP contribution in [0.1, 0.15) is 22.3 Å². The van der Waals surface area contributed by atoms with Crippen molar-refractivity contribution in [3.8, 4) is 51.1 Å². The molecule has 6 heterocycles. The van der Waals surface area contributed by atoms with Crippen LogP contribution in [0.2, 0.25) is 0 Å². The van der Waals surface area contributed by atoms with E-state index in [1.165, 1.54) is 32.6 Å². The molecule has 1 aliphatic heterocycles. The van der Waals surface area contributed by atoms with Gasteiger partial charge in [0.2, 0.25) is 0 Å². The third-order valence-electron chi connectivity index (χ3n) is 15.6. The third kappa shape index (κ3) is 5.36. The number of para-hydroxylation sites is 4. The van der Waals surface area contributed by atoms with Gasteiger partial charge in [-0.1, -0.05) is 109 Å². The van der Waals surface area contributed by atoms with Crippen LogP contribution in [0.4, 0.5) is 5.69 Å². The van der Waals surface area contributed by atoms with Crippen LogP contribution in [-0.4, -0.2) is 23.7 Å². The Morgan fingerprint density at radius 3 is 1.40 bits per heavy atom. The van der Waals surface area contributed by atoms with Crippen molar-refractivity contribution < 1.29 is 4.74 Å². The smallest absolute Gasteiger partial charge is 0.188 e. The third-order valence-corrected chi connectivity index (χ3v) is 15.6. The molecule has 0 N–H and O–H groups in total. The van der Waals surface area contributed by atoms with E-state index < -0.39 is 5.41 Å². The molecule has 1 spiro atoms. The first kappa shape index (κ1) is 39.8. The molecule has 0 amide bonds. The monoisotopic (exact) mass is 930 g/mol. The van der Waals surface area contributed by atoms with Crippen molar-refractivity contribution in [1.29, 1.82) is 0 Å². The summed E-state index contributed by atoms with van der Waals surface area (Å²) in [5.74, 6) is 1.55. The normalized spacial score (nSPS) is 13.1. The zero-order valence-electron chi connectivity index (χ0n) is 39.0. The highest BCUT2D eigenvalue weighted by molar-refractivity contribution is 6.12. The van der Waals surface area contributed by atoms with Gasteiger partial charge in [0.25, 0.3) is 0 Å². The predicted molar refractivity (Wildman–Crippen MR) is 294 cm³/mol. The largest absolute Gasteiger partial charge is 0.457 e. The molecule has 0 saturated heterocycles. The summed E-state index contributed by atoms with van der Waals surface area (Å²) in [5, 5.41) is 7.02. The van der Waals surface area contributed by atoms with Gasteiger partial charge < -0.3 is 18.4 Å². The first-order valence-electron chi connectivity index (χ1n) is 24.6. The first-order valence-corrected chi connectivity index (χ1v) is 24.6. The molecule has 2 aliphatic rings. The van der Waals surface area contributed by atoms with Gasteiger partial charge >= 0.3 is 0 Å². The highest BCUT2D eigenvalue weighted by Gasteiger charge is 2.52. The number of benzene rings is 9. The maximum Gasteiger partial charge on any atom is 0.188 e. The second kappa shape index (κ2) is 14.8. The minimum Gasteiger partial charge on any atom is -0.457 e. The molecule has 1 aliphatic carbocycles. The fourth-order valence-corrected chi connectivity index (χ4v) is 12.6. The quantitative estimate of drug-likeness (QED) is 0.165. The van der Waals surface area contributed by atoms with Crippen molar-refractivity contribution >= 4 is 71.1 Å². The van der Waals surface area contributed by atoms with Crippen LogP contribution in [0, 0.1) is 6.57 Å². The van der Waals surface area contributed by atoms with E-state index >= 15 is 0 Å². The summed E-state index contributed by atoms with van der Waals surface area (Å²) >= 11 is 0. The van der Waals surface area contributed by atoms with E-state index in [1.807, 2.05) is 36.7 Å². The Morgan fingerprint density at radius 2 is 0.822 bits per heavy atom. The van der Waals surface area contributed by atoms with E-state index in [9.17, 15) is 0 Å². The van der Waals surface area contributed by atoms with Crippen molar-refractivity contribution in [3.63, 3.8) is 0 Å². The fourth-order valence-electron chi connectivity index (χ4n) is 12.6. The fraction of sp³-hybridized carbons (Fsp3) is 0.0152. The van der Waals surface area contributed by atoms with E-state index in [0.717, 1.165) is 106 Å². The van der Waals surface area contributed by atoms with Crippen LogP contribution >= 0.6 is 0 Å². The molecule has 14 aromatic rings. The Labute approximate surface area is 418 Å². The second-order valence-electron chi connectivity index (χ2n) is 19.2. The number of pyridine rings is 2. The molecule has 0 fully saturated rings. The number of rotatable bonds is 4. The first-order chi connectivity index (χ1) is 36.2. The molecule has 338 valence electrons. The van der Waals surface area contributed by atoms with Crippen molar-refractivity contribution in [2.24, 2.45) is 0 Å². The van der Waals surface area contributed by atoms with E-state index in [2.05, 4.69) is 213 Å². The van der Waals surface area contributed by atoms with Crippen LogP contribution in [0.15, 0.2) is 231 Å². The van der Waals surface area contributed by atoms with Crippen LogP contribution < -0.4 is 4.74 Å². The lowest BCUT2D eigenvalue weighted by Gasteiger charge is -2.39. The molecule has 5 aromatic heterocycles. The Bertz CT molecular complexity index is 4640. The van der Waals surface area contributed by atoms with E-state index in [-0.39, 0.29) is 0 Å². The average molecular weight is 931 g/mol. The summed E-state index contributed by atoms with van der Waals surface area (Å²) in [6, 6.07) is 78.1. The molecule has 16 rings (SSSR count). The molecule has 0 unspecified atom stereocenters. The Morgan fingerprint density at radius 1 is 0.356 bits per heavy atom. The molecule has 0 saturated carbocycles. The van der Waals surface area contributed by atoms with Crippen LogP contribution in [0.25, 0.3) is 110 Å². The van der Waals surface area contributed by atoms with E-state index in [0.29, 0.717) is 5.69 Å². The van der Waals surface area contributed by atoms with Gasteiger partial charge in [-0.25, -0.2) is 4.85 Å². The average Bonchev–Trinajstić information content (AvgIpc) is 4.17. The van der Waals surface area contributed by atoms with Gasteiger partial charge in [0.15, 0.2) is 5.69 Å². The lowest BCUT2D eigenvalue weighted by atomic mass is 9.66. The van der Waals surface area contributed by atoms with Gasteiger partial charge in [-0.15, -0.1) is 0 Å². The van der Waals surface area contributed by atoms with Crippen molar-refractivity contribution in [3.05, 3.63) is 264 Å². The lowest BCUT2D eigenvalue weighted by Crippen LogP contribution is -2.32. The summed E-state index contributed by atoms with van der Waals surface area (Å²) in [6.07, 6.45) is 3.73. The Hall–Kier alpha value is -10.0. The number of aromatic nitrogens is 5. The van der Waals surface area contributed by atoms with Crippen molar-refractivity contribution in [2.45, 2.75) is 5.41 Å². The van der Waals surface area contributed by atoms with Gasteiger partial charge in [-0.3, -0.25) is 9.97 Å². The number of fused-ring (bicyclic) bond motifs is 18. The maximum absolute atomic E-state index is 7.75. The summed E-state index contributed by atoms with van der Waals surface area (Å²) in [4.78, 5) is 13.8. The standard InChI is InChI=1S/C66H38N6O/c1-67-42-24-32-61-51(38-42)49-15-5-9-21-59(49)72(61)45-29-30-52-63(39-45)73-62-33-23-41(37-55(62)66(52)53-16-10-34-68-64(53)65-54(66)17-11-35-69-65)40-22-31-60-50(36-40)48-14-4-8-20-58(48)71(60)44-27-25-43(26-28-44)70-56-18-6-2-12-46(56)47-13-3-7-19-57(47)70/h2-39H. The molecule has 73 heavy (non-hydrogen) atoms. The van der Waals surface area contributed by atoms with Gasteiger partial charge in [0, 0.05) is 73.6 Å². The predicted octanol–water partition coefficient (Wildman–Crippen LogP) is 16.5. The van der Waals surface area contributed by atoms with Crippen LogP contribution in [0.5, 0.6) is 11.5 Å². The number of nitrogens with zero attached hydrogens (tertiary/aromatic N) is 6. The van der Waals surface area contributed by atoms with Gasteiger partial charge in [-0.05, 0) is 131 Å². The highest BCUT2D eigenvalue weighted by Crippen LogP contribution is 2.62. The number of hydrogen-bond donors (Lipinski definition) is 0. The summed E-state index contributed by atoms with van der Waals surface area (Å²) in [6.45, 7) is 7.75. The molecule has 0 atom stereocenters. The van der Waals surface area contributed by atoms with Gasteiger partial charge in [-0.2, -0.15) is 0 Å². The molecular formula is C66H38N6O. The number of hydrogen-bond acceptors (Lipinski definition) is 3. The van der Waals surface area contributed by atoms with Gasteiger partial charge in [0.05, 0.1) is 56.5 Å². The summed E-state index contributed by atoms with van der Waals surface area (Å²) in [7, 11) is 0. The topological polar surface area (TPSA) is 54.2 Å². The summed E-state index contributed by atoms with van der Waals surface area (Å²) in [5.41, 5.74) is 18.0. The van der Waals surface area contributed by atoms with E-state index in [4.69, 9.17) is 21.3 Å². The molecule has 7 heteroatoms. The molecular weight excluding hydrogens is 893 g/mol. The minimum absolute atomic E-state index is 0.618. The number of ether oxygens (including phenoxy) is 1. The molecule has 7 nitrogen and oxygen atoms in total. The molecule has 0 radical (unpaired) electrons. The SMILES string of the molecule is [C-]#[N+]c1ccc2c(c1)c1ccccc1n2-c1ccc2c(c1)Oc1ccc(-c3ccc4c(c3)c3ccccc3n4-c3ccc(-n4c5ccccc5c5ccccc54)cc3)cc1C21c2cccnc2-c2ncccc21. The zero-order valence-corrected chi connectivity index (χ0v) is 39.0. The van der Waals surface area contributed by atoms with Crippen molar-refractivity contribution in [1.82, 2.24) is 23.7 Å². The van der Waals surface area contributed by atoms with Crippen LogP contribution in [0.3, 0.4) is 0 Å². The minimum atomic E-state index is -0.776. The van der Waals surface area contributed by atoms with Crippen LogP contribution in [-0.2, 0) is 5.41 Å². The second-order valence-corrected chi connectivity index (χ2v) is 19.2. The molecule has 0 bridgehead atoms. The lowest BCUT2D eigenvalue weighted by molar-refractivity contribution is 0.436. The van der Waals surface area contributed by atoms with E-state index in [1.54, 1.807) is 0 Å². The van der Waals surface area contributed by atoms with Crippen molar-refractivity contribution in [2.75, 3.05) is 0 Å². The molecule has 9 aromatic carbocycles. The highest BCUT2D eigenvalue weighted by atomic mass is 16.5.